The minimum absolute atomic E-state index is 0.313. The van der Waals surface area contributed by atoms with Gasteiger partial charge >= 0.3 is 0 Å². The van der Waals surface area contributed by atoms with E-state index >= 15 is 0 Å². The second-order valence-electron chi connectivity index (χ2n) is 4.77. The Morgan fingerprint density at radius 1 is 0.955 bits per heavy atom. The fourth-order valence-corrected chi connectivity index (χ4v) is 1.97. The van der Waals surface area contributed by atoms with E-state index in [1.165, 1.54) is 12.1 Å². The molecule has 0 spiro atoms. The van der Waals surface area contributed by atoms with Crippen molar-refractivity contribution >= 4 is 23.1 Å². The van der Waals surface area contributed by atoms with E-state index in [1.54, 1.807) is 38.1 Å². The summed E-state index contributed by atoms with van der Waals surface area (Å²) in [6.07, 6.45) is 0. The summed E-state index contributed by atoms with van der Waals surface area (Å²) in [7, 11) is 0. The molecule has 2 N–H and O–H groups in total. The van der Waals surface area contributed by atoms with Gasteiger partial charge < -0.3 is 15.2 Å². The Hall–Kier alpha value is -2.96. The molecule has 0 atom stereocenters. The van der Waals surface area contributed by atoms with E-state index in [2.05, 4.69) is 25.8 Å². The standard InChI is InChI=1S/C15H14FN5O/c1-9-6-15(21-22-9)20-14-8-13(17-10(2)18-14)19-12-5-3-4-11(16)7-12/h3-8H,1-2H3,(H2,17,18,19,20,21). The Bertz CT molecular complexity index is 802. The Morgan fingerprint density at radius 3 is 2.41 bits per heavy atom. The number of aromatic nitrogens is 3. The van der Waals surface area contributed by atoms with Crippen molar-refractivity contribution in [2.75, 3.05) is 10.6 Å². The van der Waals surface area contributed by atoms with E-state index in [-0.39, 0.29) is 5.82 Å². The first-order valence-electron chi connectivity index (χ1n) is 6.67. The number of anilines is 4. The van der Waals surface area contributed by atoms with Gasteiger partial charge in [-0.05, 0) is 32.0 Å². The lowest BCUT2D eigenvalue weighted by Gasteiger charge is -2.09. The summed E-state index contributed by atoms with van der Waals surface area (Å²) in [5, 5.41) is 9.92. The third kappa shape index (κ3) is 3.38. The molecule has 0 amide bonds. The van der Waals surface area contributed by atoms with E-state index in [0.29, 0.717) is 34.7 Å². The van der Waals surface area contributed by atoms with Crippen molar-refractivity contribution in [3.05, 3.63) is 53.8 Å². The third-order valence-corrected chi connectivity index (χ3v) is 2.82. The molecule has 2 aromatic heterocycles. The summed E-state index contributed by atoms with van der Waals surface area (Å²) < 4.78 is 18.2. The first-order chi connectivity index (χ1) is 10.6. The van der Waals surface area contributed by atoms with Gasteiger partial charge in [0, 0.05) is 17.8 Å². The molecule has 0 saturated carbocycles. The molecule has 22 heavy (non-hydrogen) atoms. The van der Waals surface area contributed by atoms with Gasteiger partial charge in [-0.15, -0.1) is 0 Å². The maximum Gasteiger partial charge on any atom is 0.175 e. The number of hydrogen-bond donors (Lipinski definition) is 2. The topological polar surface area (TPSA) is 75.9 Å². The zero-order valence-electron chi connectivity index (χ0n) is 12.1. The summed E-state index contributed by atoms with van der Waals surface area (Å²) in [6.45, 7) is 3.58. The molecule has 3 rings (SSSR count). The van der Waals surface area contributed by atoms with Crippen LogP contribution in [-0.2, 0) is 0 Å². The van der Waals surface area contributed by atoms with Crippen LogP contribution in [0.2, 0.25) is 0 Å². The SMILES string of the molecule is Cc1nc(Nc2cccc(F)c2)cc(Nc2cc(C)on2)n1. The van der Waals surface area contributed by atoms with Crippen molar-refractivity contribution in [2.24, 2.45) is 0 Å². The molecule has 0 aliphatic heterocycles. The Kier molecular flexibility index (Phi) is 3.69. The number of halogens is 1. The smallest absolute Gasteiger partial charge is 0.175 e. The maximum atomic E-state index is 13.2. The summed E-state index contributed by atoms with van der Waals surface area (Å²) in [6, 6.07) is 9.64. The predicted molar refractivity (Wildman–Crippen MR) is 81.0 cm³/mol. The fraction of sp³-hybridized carbons (Fsp3) is 0.133. The molecule has 7 heteroatoms. The number of aryl methyl sites for hydroxylation is 2. The van der Waals surface area contributed by atoms with Crippen molar-refractivity contribution in [3.8, 4) is 0 Å². The lowest BCUT2D eigenvalue weighted by atomic mass is 10.3. The second kappa shape index (κ2) is 5.80. The summed E-state index contributed by atoms with van der Waals surface area (Å²) in [4.78, 5) is 8.56. The number of nitrogens with one attached hydrogen (secondary N) is 2. The van der Waals surface area contributed by atoms with Crippen LogP contribution in [0.5, 0.6) is 0 Å². The largest absolute Gasteiger partial charge is 0.360 e. The van der Waals surface area contributed by atoms with E-state index < -0.39 is 0 Å². The van der Waals surface area contributed by atoms with Gasteiger partial charge in [-0.2, -0.15) is 0 Å². The quantitative estimate of drug-likeness (QED) is 0.765. The van der Waals surface area contributed by atoms with E-state index in [4.69, 9.17) is 4.52 Å². The van der Waals surface area contributed by atoms with E-state index in [0.717, 1.165) is 0 Å². The van der Waals surface area contributed by atoms with Gasteiger partial charge in [0.25, 0.3) is 0 Å². The molecular weight excluding hydrogens is 285 g/mol. The van der Waals surface area contributed by atoms with Crippen LogP contribution in [-0.4, -0.2) is 15.1 Å². The van der Waals surface area contributed by atoms with Crippen LogP contribution in [0.4, 0.5) is 27.5 Å². The fourth-order valence-electron chi connectivity index (χ4n) is 1.97. The summed E-state index contributed by atoms with van der Waals surface area (Å²) in [5.74, 6) is 2.65. The molecule has 0 radical (unpaired) electrons. The van der Waals surface area contributed by atoms with Gasteiger partial charge in [0.05, 0.1) is 0 Å². The minimum Gasteiger partial charge on any atom is -0.360 e. The molecule has 6 nitrogen and oxygen atoms in total. The Labute approximate surface area is 126 Å². The van der Waals surface area contributed by atoms with Gasteiger partial charge in [-0.25, -0.2) is 14.4 Å². The van der Waals surface area contributed by atoms with Crippen LogP contribution in [0, 0.1) is 19.7 Å². The average molecular weight is 299 g/mol. The molecule has 0 bridgehead atoms. The number of rotatable bonds is 4. The first kappa shape index (κ1) is 14.0. The van der Waals surface area contributed by atoms with Crippen LogP contribution in [0.1, 0.15) is 11.6 Å². The highest BCUT2D eigenvalue weighted by atomic mass is 19.1. The lowest BCUT2D eigenvalue weighted by molar-refractivity contribution is 0.400. The molecule has 0 aliphatic carbocycles. The number of benzene rings is 1. The molecule has 0 aliphatic rings. The molecule has 0 fully saturated rings. The Morgan fingerprint density at radius 2 is 1.73 bits per heavy atom. The molecule has 112 valence electrons. The minimum atomic E-state index is -0.313. The van der Waals surface area contributed by atoms with E-state index in [1.807, 2.05) is 0 Å². The van der Waals surface area contributed by atoms with Gasteiger partial charge in [-0.1, -0.05) is 11.2 Å². The van der Waals surface area contributed by atoms with Crippen LogP contribution < -0.4 is 10.6 Å². The monoisotopic (exact) mass is 299 g/mol. The van der Waals surface area contributed by atoms with Crippen molar-refractivity contribution in [1.29, 1.82) is 0 Å². The highest BCUT2D eigenvalue weighted by Crippen LogP contribution is 2.20. The maximum absolute atomic E-state index is 13.2. The molecule has 2 heterocycles. The van der Waals surface area contributed by atoms with Gasteiger partial charge in [0.2, 0.25) is 0 Å². The van der Waals surface area contributed by atoms with Gasteiger partial charge in [0.15, 0.2) is 5.82 Å². The van der Waals surface area contributed by atoms with Crippen LogP contribution in [0.15, 0.2) is 40.9 Å². The van der Waals surface area contributed by atoms with Gasteiger partial charge in [-0.3, -0.25) is 0 Å². The lowest BCUT2D eigenvalue weighted by Crippen LogP contribution is -2.01. The molecule has 0 saturated heterocycles. The van der Waals surface area contributed by atoms with Crippen molar-refractivity contribution in [2.45, 2.75) is 13.8 Å². The summed E-state index contributed by atoms with van der Waals surface area (Å²) in [5.41, 5.74) is 0.612. The Balaban J connectivity index is 1.83. The molecule has 1 aromatic carbocycles. The molecule has 0 unspecified atom stereocenters. The molecule has 3 aromatic rings. The highest BCUT2D eigenvalue weighted by Gasteiger charge is 2.06. The normalized spacial score (nSPS) is 10.5. The zero-order chi connectivity index (χ0) is 15.5. The molecular formula is C15H14FN5O. The zero-order valence-corrected chi connectivity index (χ0v) is 12.1. The van der Waals surface area contributed by atoms with Crippen LogP contribution in [0.3, 0.4) is 0 Å². The van der Waals surface area contributed by atoms with Crippen LogP contribution in [0.25, 0.3) is 0 Å². The van der Waals surface area contributed by atoms with Crippen molar-refractivity contribution in [3.63, 3.8) is 0 Å². The van der Waals surface area contributed by atoms with Crippen molar-refractivity contribution in [1.82, 2.24) is 15.1 Å². The average Bonchev–Trinajstić information content (AvgIpc) is 2.83. The second-order valence-corrected chi connectivity index (χ2v) is 4.77. The highest BCUT2D eigenvalue weighted by molar-refractivity contribution is 5.61. The first-order valence-corrected chi connectivity index (χ1v) is 6.67. The third-order valence-electron chi connectivity index (χ3n) is 2.82. The number of nitrogens with zero attached hydrogens (tertiary/aromatic N) is 3. The van der Waals surface area contributed by atoms with Crippen LogP contribution >= 0.6 is 0 Å². The summed E-state index contributed by atoms with van der Waals surface area (Å²) >= 11 is 0. The van der Waals surface area contributed by atoms with Gasteiger partial charge in [0.1, 0.15) is 29.0 Å². The number of hydrogen-bond acceptors (Lipinski definition) is 6. The van der Waals surface area contributed by atoms with E-state index in [9.17, 15) is 4.39 Å². The predicted octanol–water partition coefficient (Wildman–Crippen LogP) is 3.71. The van der Waals surface area contributed by atoms with Crippen molar-refractivity contribution < 1.29 is 8.91 Å².